The number of carboxylic acids is 2. The Labute approximate surface area is 180 Å². The number of carboxylic acid groups (broad SMARTS) is 2. The van der Waals surface area contributed by atoms with E-state index in [4.69, 9.17) is 10.8 Å². The van der Waals surface area contributed by atoms with Crippen LogP contribution in [0.15, 0.2) is 0 Å². The predicted molar refractivity (Wildman–Crippen MR) is 110 cm³/mol. The normalized spacial score (nSPS) is 15.0. The summed E-state index contributed by atoms with van der Waals surface area (Å²) in [5.41, 5.74) is 5.59. The van der Waals surface area contributed by atoms with E-state index in [-0.39, 0.29) is 25.2 Å². The van der Waals surface area contributed by atoms with Gasteiger partial charge in [0.05, 0.1) is 12.6 Å². The predicted octanol–water partition coefficient (Wildman–Crippen LogP) is -1.59. The highest BCUT2D eigenvalue weighted by Gasteiger charge is 2.31. The Morgan fingerprint density at radius 3 is 1.77 bits per heavy atom. The first-order valence-corrected chi connectivity index (χ1v) is 10.0. The van der Waals surface area contributed by atoms with Crippen molar-refractivity contribution in [1.29, 1.82) is 0 Å². The maximum Gasteiger partial charge on any atom is 0.326 e. The van der Waals surface area contributed by atoms with Crippen LogP contribution in [0.25, 0.3) is 0 Å². The van der Waals surface area contributed by atoms with Gasteiger partial charge < -0.3 is 37.0 Å². The van der Waals surface area contributed by atoms with Gasteiger partial charge in [-0.3, -0.25) is 19.2 Å². The van der Waals surface area contributed by atoms with Crippen molar-refractivity contribution < 1.29 is 39.3 Å². The molecule has 0 aromatic rings. The fourth-order valence-electron chi connectivity index (χ4n) is 2.63. The molecule has 0 aliphatic heterocycles. The highest BCUT2D eigenvalue weighted by atomic mass is 16.4. The highest BCUT2D eigenvalue weighted by molar-refractivity contribution is 5.94. The van der Waals surface area contributed by atoms with Crippen molar-refractivity contribution in [3.63, 3.8) is 0 Å². The Morgan fingerprint density at radius 1 is 0.839 bits per heavy atom. The second-order valence-electron chi connectivity index (χ2n) is 8.04. The average molecular weight is 447 g/mol. The number of rotatable bonds is 14. The molecule has 0 saturated heterocycles. The van der Waals surface area contributed by atoms with Gasteiger partial charge in [-0.1, -0.05) is 27.7 Å². The van der Waals surface area contributed by atoms with Crippen LogP contribution >= 0.6 is 0 Å². The number of aliphatic carboxylic acids is 2. The summed E-state index contributed by atoms with van der Waals surface area (Å²) < 4.78 is 0. The number of hydrogen-bond donors (Lipinski definition) is 7. The smallest absolute Gasteiger partial charge is 0.326 e. The van der Waals surface area contributed by atoms with E-state index in [2.05, 4.69) is 16.0 Å². The third-order valence-corrected chi connectivity index (χ3v) is 4.39. The van der Waals surface area contributed by atoms with E-state index in [9.17, 15) is 34.2 Å². The van der Waals surface area contributed by atoms with Crippen molar-refractivity contribution in [3.8, 4) is 0 Å². The molecule has 12 nitrogen and oxygen atoms in total. The number of carbonyl (C=O) groups is 5. The molecule has 0 rings (SSSR count). The minimum atomic E-state index is -1.42. The van der Waals surface area contributed by atoms with Crippen LogP contribution < -0.4 is 21.7 Å². The molecule has 0 heterocycles. The third kappa shape index (κ3) is 10.7. The Balaban J connectivity index is 5.21. The summed E-state index contributed by atoms with van der Waals surface area (Å²) >= 11 is 0. The molecule has 0 aliphatic rings. The minimum absolute atomic E-state index is 0.0370. The van der Waals surface area contributed by atoms with E-state index in [0.29, 0.717) is 0 Å². The van der Waals surface area contributed by atoms with E-state index < -0.39 is 66.4 Å². The summed E-state index contributed by atoms with van der Waals surface area (Å²) in [6, 6.07) is -4.87. The van der Waals surface area contributed by atoms with Crippen molar-refractivity contribution in [2.75, 3.05) is 6.61 Å². The fraction of sp³-hybridized carbons (Fsp3) is 0.737. The topological polar surface area (TPSA) is 208 Å². The molecule has 0 aromatic heterocycles. The number of aliphatic hydroxyl groups is 1. The zero-order valence-electron chi connectivity index (χ0n) is 18.3. The number of carbonyl (C=O) groups excluding carboxylic acids is 3. The van der Waals surface area contributed by atoms with E-state index in [1.165, 1.54) is 0 Å². The van der Waals surface area contributed by atoms with Crippen LogP contribution in [0.1, 0.15) is 47.0 Å². The molecule has 0 spiro atoms. The van der Waals surface area contributed by atoms with Gasteiger partial charge in [0, 0.05) is 6.42 Å². The molecule has 12 heteroatoms. The summed E-state index contributed by atoms with van der Waals surface area (Å²) in [6.07, 6.45) is -0.320. The molecule has 4 atom stereocenters. The SMILES string of the molecule is CC(C)CC(NC(=O)C(CO)NC(=O)C(N)CCC(=O)O)C(=O)NC(C(=O)O)C(C)C. The van der Waals surface area contributed by atoms with Gasteiger partial charge in [0.2, 0.25) is 17.7 Å². The molecule has 0 aliphatic carbocycles. The van der Waals surface area contributed by atoms with Crippen molar-refractivity contribution in [2.45, 2.75) is 71.1 Å². The summed E-state index contributed by atoms with van der Waals surface area (Å²) in [7, 11) is 0. The second kappa shape index (κ2) is 13.5. The first-order chi connectivity index (χ1) is 14.3. The molecule has 4 unspecified atom stereocenters. The molecule has 0 radical (unpaired) electrons. The summed E-state index contributed by atoms with van der Waals surface area (Å²) in [5.74, 6) is -5.18. The number of nitrogens with two attached hydrogens (primary N) is 1. The van der Waals surface area contributed by atoms with Crippen LogP contribution in [0.3, 0.4) is 0 Å². The Bertz CT molecular complexity index is 653. The molecule has 0 fully saturated rings. The summed E-state index contributed by atoms with van der Waals surface area (Å²) in [6.45, 7) is 6.07. The molecular weight excluding hydrogens is 412 g/mol. The largest absolute Gasteiger partial charge is 0.481 e. The maximum atomic E-state index is 12.6. The molecule has 31 heavy (non-hydrogen) atoms. The van der Waals surface area contributed by atoms with Gasteiger partial charge >= 0.3 is 11.9 Å². The summed E-state index contributed by atoms with van der Waals surface area (Å²) in [4.78, 5) is 59.1. The lowest BCUT2D eigenvalue weighted by Gasteiger charge is -2.26. The Kier molecular flexibility index (Phi) is 12.4. The lowest BCUT2D eigenvalue weighted by molar-refractivity contribution is -0.143. The number of hydrogen-bond acceptors (Lipinski definition) is 7. The maximum absolute atomic E-state index is 12.6. The van der Waals surface area contributed by atoms with Crippen LogP contribution in [0, 0.1) is 11.8 Å². The van der Waals surface area contributed by atoms with Crippen molar-refractivity contribution in [3.05, 3.63) is 0 Å². The van der Waals surface area contributed by atoms with E-state index >= 15 is 0 Å². The first kappa shape index (κ1) is 28.3. The van der Waals surface area contributed by atoms with Crippen LogP contribution in [-0.4, -0.2) is 75.8 Å². The van der Waals surface area contributed by atoms with Crippen LogP contribution in [0.2, 0.25) is 0 Å². The van der Waals surface area contributed by atoms with E-state index in [1.54, 1.807) is 27.7 Å². The standard InChI is InChI=1S/C19H34N4O8/c1-9(2)7-12(17(28)23-15(10(3)4)19(30)31)21-18(29)13(8-24)22-16(27)11(20)5-6-14(25)26/h9-13,15,24H,5-8,20H2,1-4H3,(H,21,29)(H,22,27)(H,23,28)(H,25,26)(H,30,31). The molecule has 8 N–H and O–H groups in total. The van der Waals surface area contributed by atoms with Gasteiger partial charge in [-0.15, -0.1) is 0 Å². The average Bonchev–Trinajstić information content (AvgIpc) is 2.66. The van der Waals surface area contributed by atoms with Gasteiger partial charge in [0.25, 0.3) is 0 Å². The van der Waals surface area contributed by atoms with Gasteiger partial charge in [-0.2, -0.15) is 0 Å². The monoisotopic (exact) mass is 446 g/mol. The summed E-state index contributed by atoms with van der Waals surface area (Å²) in [5, 5.41) is 34.4. The van der Waals surface area contributed by atoms with E-state index in [1.807, 2.05) is 0 Å². The van der Waals surface area contributed by atoms with Gasteiger partial charge in [0.1, 0.15) is 18.1 Å². The lowest BCUT2D eigenvalue weighted by Crippen LogP contribution is -2.58. The molecule has 0 aromatic carbocycles. The lowest BCUT2D eigenvalue weighted by atomic mass is 10.00. The Morgan fingerprint density at radius 2 is 1.35 bits per heavy atom. The fourth-order valence-corrected chi connectivity index (χ4v) is 2.63. The molecule has 178 valence electrons. The highest BCUT2D eigenvalue weighted by Crippen LogP contribution is 2.08. The zero-order chi connectivity index (χ0) is 24.3. The minimum Gasteiger partial charge on any atom is -0.481 e. The van der Waals surface area contributed by atoms with E-state index in [0.717, 1.165) is 0 Å². The number of aliphatic hydroxyl groups excluding tert-OH is 1. The number of amides is 3. The van der Waals surface area contributed by atoms with Gasteiger partial charge in [-0.25, -0.2) is 4.79 Å². The molecule has 0 bridgehead atoms. The number of nitrogens with one attached hydrogen (secondary N) is 3. The molecular formula is C19H34N4O8. The van der Waals surface area contributed by atoms with Crippen molar-refractivity contribution in [1.82, 2.24) is 16.0 Å². The van der Waals surface area contributed by atoms with Gasteiger partial charge in [-0.05, 0) is 24.7 Å². The Hall–Kier alpha value is -2.73. The van der Waals surface area contributed by atoms with Crippen LogP contribution in [0.5, 0.6) is 0 Å². The van der Waals surface area contributed by atoms with Gasteiger partial charge in [0.15, 0.2) is 0 Å². The van der Waals surface area contributed by atoms with Crippen molar-refractivity contribution in [2.24, 2.45) is 17.6 Å². The zero-order valence-corrected chi connectivity index (χ0v) is 18.3. The first-order valence-electron chi connectivity index (χ1n) is 10.0. The quantitative estimate of drug-likeness (QED) is 0.164. The second-order valence-corrected chi connectivity index (χ2v) is 8.04. The molecule has 0 saturated carbocycles. The van der Waals surface area contributed by atoms with Crippen LogP contribution in [-0.2, 0) is 24.0 Å². The van der Waals surface area contributed by atoms with Crippen molar-refractivity contribution >= 4 is 29.7 Å². The third-order valence-electron chi connectivity index (χ3n) is 4.39. The van der Waals surface area contributed by atoms with Crippen LogP contribution in [0.4, 0.5) is 0 Å². The molecule has 3 amide bonds.